The zero-order chi connectivity index (χ0) is 16.5. The van der Waals surface area contributed by atoms with Crippen LogP contribution in [0.2, 0.25) is 0 Å². The van der Waals surface area contributed by atoms with Crippen LogP contribution in [-0.4, -0.2) is 40.3 Å². The van der Waals surface area contributed by atoms with Crippen molar-refractivity contribution in [2.75, 3.05) is 18.4 Å². The highest BCUT2D eigenvalue weighted by Gasteiger charge is 2.21. The molecule has 0 aromatic carbocycles. The molecule has 0 spiro atoms. The van der Waals surface area contributed by atoms with Crippen molar-refractivity contribution >= 4 is 29.2 Å². The van der Waals surface area contributed by atoms with E-state index >= 15 is 0 Å². The zero-order valence-electron chi connectivity index (χ0n) is 13.4. The van der Waals surface area contributed by atoms with Crippen molar-refractivity contribution < 1.29 is 14.1 Å². The molecular weight excluding hydrogens is 306 g/mol. The van der Waals surface area contributed by atoms with Crippen molar-refractivity contribution in [2.24, 2.45) is 0 Å². The Morgan fingerprint density at radius 1 is 1.41 bits per heavy atom. The summed E-state index contributed by atoms with van der Waals surface area (Å²) in [5.74, 6) is 0.413. The number of hydrogen-bond acceptors (Lipinski definition) is 4. The predicted molar refractivity (Wildman–Crippen MR) is 85.9 cm³/mol. The summed E-state index contributed by atoms with van der Waals surface area (Å²) in [7, 11) is 0. The lowest BCUT2D eigenvalue weighted by molar-refractivity contribution is -0.134. The van der Waals surface area contributed by atoms with Gasteiger partial charge in [-0.05, 0) is 20.3 Å². The molecule has 0 bridgehead atoms. The molecule has 2 amide bonds. The number of carbonyl (C=O) groups is 2. The molecule has 0 fully saturated rings. The van der Waals surface area contributed by atoms with E-state index in [-0.39, 0.29) is 18.4 Å². The van der Waals surface area contributed by atoms with Crippen molar-refractivity contribution in [2.45, 2.75) is 51.8 Å². The highest BCUT2D eigenvalue weighted by molar-refractivity contribution is 6.30. The molecule has 1 rings (SSSR count). The number of nitrogens with one attached hydrogen (secondary N) is 1. The minimum atomic E-state index is -0.645. The number of carbonyl (C=O) groups excluding carboxylic acids is 2. The first-order chi connectivity index (χ1) is 10.4. The molecule has 124 valence electrons. The van der Waals surface area contributed by atoms with Crippen LogP contribution in [0.3, 0.4) is 0 Å². The Hall–Kier alpha value is -1.56. The standard InChI is InChI=1S/C15H24ClN3O3/c1-4-5-6-7-8-19(15(21)12(3)16)10-14(20)17-13-9-11(2)22-18-13/h9,12H,4-8,10H2,1-3H3,(H,17,18,20). The average Bonchev–Trinajstić information content (AvgIpc) is 2.86. The Kier molecular flexibility index (Phi) is 7.95. The van der Waals surface area contributed by atoms with Crippen LogP contribution in [0.15, 0.2) is 10.6 Å². The van der Waals surface area contributed by atoms with Crippen LogP contribution in [0, 0.1) is 6.92 Å². The Morgan fingerprint density at radius 3 is 2.68 bits per heavy atom. The van der Waals surface area contributed by atoms with Gasteiger partial charge in [-0.3, -0.25) is 9.59 Å². The van der Waals surface area contributed by atoms with E-state index in [2.05, 4.69) is 17.4 Å². The van der Waals surface area contributed by atoms with Crippen molar-refractivity contribution in [1.29, 1.82) is 0 Å². The van der Waals surface area contributed by atoms with E-state index in [0.29, 0.717) is 18.1 Å². The van der Waals surface area contributed by atoms with Gasteiger partial charge in [0.25, 0.3) is 0 Å². The SMILES string of the molecule is CCCCCCN(CC(=O)Nc1cc(C)on1)C(=O)C(C)Cl. The molecule has 0 aliphatic heterocycles. The largest absolute Gasteiger partial charge is 0.360 e. The third-order valence-corrected chi connectivity index (χ3v) is 3.35. The van der Waals surface area contributed by atoms with Crippen molar-refractivity contribution in [3.05, 3.63) is 11.8 Å². The first kappa shape index (κ1) is 18.5. The van der Waals surface area contributed by atoms with Gasteiger partial charge >= 0.3 is 0 Å². The normalized spacial score (nSPS) is 12.0. The highest BCUT2D eigenvalue weighted by atomic mass is 35.5. The van der Waals surface area contributed by atoms with E-state index in [4.69, 9.17) is 16.1 Å². The summed E-state index contributed by atoms with van der Waals surface area (Å²) in [5.41, 5.74) is 0. The summed E-state index contributed by atoms with van der Waals surface area (Å²) < 4.78 is 4.88. The number of aryl methyl sites for hydroxylation is 1. The Morgan fingerprint density at radius 2 is 2.14 bits per heavy atom. The van der Waals surface area contributed by atoms with Gasteiger partial charge in [-0.25, -0.2) is 0 Å². The van der Waals surface area contributed by atoms with E-state index in [0.717, 1.165) is 25.7 Å². The second-order valence-electron chi connectivity index (χ2n) is 5.31. The number of aromatic nitrogens is 1. The first-order valence-corrected chi connectivity index (χ1v) is 8.03. The molecule has 1 atom stereocenters. The molecular formula is C15H24ClN3O3. The van der Waals surface area contributed by atoms with Crippen molar-refractivity contribution in [3.63, 3.8) is 0 Å². The monoisotopic (exact) mass is 329 g/mol. The van der Waals surface area contributed by atoms with Gasteiger partial charge in [0.1, 0.15) is 11.1 Å². The summed E-state index contributed by atoms with van der Waals surface area (Å²) in [6.45, 7) is 5.97. The molecule has 1 N–H and O–H groups in total. The lowest BCUT2D eigenvalue weighted by Crippen LogP contribution is -2.41. The summed E-state index contributed by atoms with van der Waals surface area (Å²) in [6.07, 6.45) is 4.12. The van der Waals surface area contributed by atoms with Gasteiger partial charge in [0.15, 0.2) is 5.82 Å². The van der Waals surface area contributed by atoms with E-state index in [1.54, 1.807) is 19.9 Å². The smallest absolute Gasteiger partial charge is 0.245 e. The van der Waals surface area contributed by atoms with Crippen LogP contribution < -0.4 is 5.32 Å². The molecule has 1 unspecified atom stereocenters. The number of hydrogen-bond donors (Lipinski definition) is 1. The molecule has 0 saturated carbocycles. The third kappa shape index (κ3) is 6.47. The number of halogens is 1. The summed E-state index contributed by atoms with van der Waals surface area (Å²) in [5, 5.41) is 5.66. The third-order valence-electron chi connectivity index (χ3n) is 3.16. The molecule has 0 saturated heterocycles. The highest BCUT2D eigenvalue weighted by Crippen LogP contribution is 2.09. The Bertz CT molecular complexity index is 488. The lowest BCUT2D eigenvalue weighted by atomic mass is 10.2. The average molecular weight is 330 g/mol. The maximum absolute atomic E-state index is 12.1. The molecule has 7 heteroatoms. The van der Waals surface area contributed by atoms with Crippen LogP contribution in [0.1, 0.15) is 45.3 Å². The number of rotatable bonds is 9. The van der Waals surface area contributed by atoms with Gasteiger partial charge in [-0.1, -0.05) is 31.3 Å². The van der Waals surface area contributed by atoms with E-state index in [9.17, 15) is 9.59 Å². The lowest BCUT2D eigenvalue weighted by Gasteiger charge is -2.23. The number of anilines is 1. The second-order valence-corrected chi connectivity index (χ2v) is 5.96. The number of nitrogens with zero attached hydrogens (tertiary/aromatic N) is 2. The molecule has 1 aromatic rings. The quantitative estimate of drug-likeness (QED) is 0.558. The van der Waals surface area contributed by atoms with Crippen LogP contribution in [-0.2, 0) is 9.59 Å². The fourth-order valence-electron chi connectivity index (χ4n) is 2.03. The van der Waals surface area contributed by atoms with Crippen LogP contribution >= 0.6 is 11.6 Å². The second kappa shape index (κ2) is 9.46. The predicted octanol–water partition coefficient (Wildman–Crippen LogP) is 2.96. The zero-order valence-corrected chi connectivity index (χ0v) is 14.2. The van der Waals surface area contributed by atoms with Gasteiger partial charge in [-0.2, -0.15) is 0 Å². The molecule has 0 aliphatic carbocycles. The number of alkyl halides is 1. The van der Waals surface area contributed by atoms with Gasteiger partial charge in [0.2, 0.25) is 11.8 Å². The maximum Gasteiger partial charge on any atom is 0.245 e. The summed E-state index contributed by atoms with van der Waals surface area (Å²) >= 11 is 5.86. The maximum atomic E-state index is 12.1. The van der Waals surface area contributed by atoms with Crippen LogP contribution in [0.5, 0.6) is 0 Å². The van der Waals surface area contributed by atoms with E-state index in [1.165, 1.54) is 4.90 Å². The molecule has 1 aromatic heterocycles. The minimum Gasteiger partial charge on any atom is -0.360 e. The molecule has 6 nitrogen and oxygen atoms in total. The van der Waals surface area contributed by atoms with E-state index < -0.39 is 5.38 Å². The fourth-order valence-corrected chi connectivity index (χ4v) is 2.17. The molecule has 0 radical (unpaired) electrons. The Balaban J connectivity index is 2.54. The molecule has 1 heterocycles. The number of unbranched alkanes of at least 4 members (excludes halogenated alkanes) is 3. The van der Waals surface area contributed by atoms with E-state index in [1.807, 2.05) is 0 Å². The summed E-state index contributed by atoms with van der Waals surface area (Å²) in [4.78, 5) is 25.6. The van der Waals surface area contributed by atoms with Gasteiger partial charge in [-0.15, -0.1) is 11.6 Å². The van der Waals surface area contributed by atoms with Crippen molar-refractivity contribution in [1.82, 2.24) is 10.1 Å². The van der Waals surface area contributed by atoms with Crippen LogP contribution in [0.4, 0.5) is 5.82 Å². The van der Waals surface area contributed by atoms with Gasteiger partial charge < -0.3 is 14.7 Å². The topological polar surface area (TPSA) is 75.4 Å². The van der Waals surface area contributed by atoms with Gasteiger partial charge in [0.05, 0.1) is 6.54 Å². The Labute approximate surface area is 136 Å². The summed E-state index contributed by atoms with van der Waals surface area (Å²) in [6, 6.07) is 1.62. The fraction of sp³-hybridized carbons (Fsp3) is 0.667. The molecule has 0 aliphatic rings. The van der Waals surface area contributed by atoms with Gasteiger partial charge in [0, 0.05) is 12.6 Å². The molecule has 22 heavy (non-hydrogen) atoms. The minimum absolute atomic E-state index is 0.0338. The first-order valence-electron chi connectivity index (χ1n) is 7.60. The number of amides is 2. The van der Waals surface area contributed by atoms with Crippen molar-refractivity contribution in [3.8, 4) is 0 Å². The van der Waals surface area contributed by atoms with Crippen LogP contribution in [0.25, 0.3) is 0 Å².